The Morgan fingerprint density at radius 1 is 1.38 bits per heavy atom. The number of rotatable bonds is 5. The van der Waals surface area contributed by atoms with Crippen LogP contribution in [0.15, 0.2) is 18.6 Å². The van der Waals surface area contributed by atoms with Gasteiger partial charge in [0.1, 0.15) is 0 Å². The van der Waals surface area contributed by atoms with Crippen LogP contribution in [-0.4, -0.2) is 43.6 Å². The Balaban J connectivity index is 1.73. The van der Waals surface area contributed by atoms with E-state index in [4.69, 9.17) is 0 Å². The molecule has 0 unspecified atom stereocenters. The molecule has 0 atom stereocenters. The summed E-state index contributed by atoms with van der Waals surface area (Å²) in [5.74, 6) is -0.113. The molecule has 1 N–H and O–H groups in total. The van der Waals surface area contributed by atoms with Gasteiger partial charge in [-0.1, -0.05) is 12.1 Å². The third-order valence-corrected chi connectivity index (χ3v) is 3.77. The quantitative estimate of drug-likeness (QED) is 0.832. The number of aromatic nitrogens is 5. The SMILES string of the molecule is CCCn1cc(C(=O)c2cn(C3CCNCC3)nn2)cn1. The van der Waals surface area contributed by atoms with Gasteiger partial charge in [0.15, 0.2) is 5.69 Å². The van der Waals surface area contributed by atoms with Crippen molar-refractivity contribution in [2.24, 2.45) is 0 Å². The lowest BCUT2D eigenvalue weighted by atomic mass is 10.1. The normalized spacial score (nSPS) is 16.2. The van der Waals surface area contributed by atoms with Gasteiger partial charge in [0.25, 0.3) is 0 Å². The molecule has 1 aliphatic rings. The van der Waals surface area contributed by atoms with Crippen LogP contribution in [0.1, 0.15) is 48.3 Å². The fourth-order valence-electron chi connectivity index (χ4n) is 2.61. The smallest absolute Gasteiger partial charge is 0.218 e. The number of hydrogen-bond donors (Lipinski definition) is 1. The van der Waals surface area contributed by atoms with Crippen molar-refractivity contribution < 1.29 is 4.79 Å². The minimum absolute atomic E-state index is 0.113. The molecule has 2 aromatic heterocycles. The number of nitrogens with zero attached hydrogens (tertiary/aromatic N) is 5. The second-order valence-corrected chi connectivity index (χ2v) is 5.39. The molecule has 7 nitrogen and oxygen atoms in total. The van der Waals surface area contributed by atoms with Gasteiger partial charge >= 0.3 is 0 Å². The molecule has 1 saturated heterocycles. The Labute approximate surface area is 123 Å². The van der Waals surface area contributed by atoms with Crippen LogP contribution in [-0.2, 0) is 6.54 Å². The Hall–Kier alpha value is -2.02. The van der Waals surface area contributed by atoms with Crippen molar-refractivity contribution in [3.63, 3.8) is 0 Å². The van der Waals surface area contributed by atoms with E-state index in [0.717, 1.165) is 38.9 Å². The molecule has 0 bridgehead atoms. The molecule has 0 radical (unpaired) electrons. The average molecular weight is 288 g/mol. The van der Waals surface area contributed by atoms with Crippen molar-refractivity contribution in [2.45, 2.75) is 38.8 Å². The van der Waals surface area contributed by atoms with Gasteiger partial charge in [-0.05, 0) is 32.4 Å². The highest BCUT2D eigenvalue weighted by atomic mass is 16.1. The Bertz CT molecular complexity index is 611. The van der Waals surface area contributed by atoms with E-state index < -0.39 is 0 Å². The Morgan fingerprint density at radius 2 is 2.19 bits per heavy atom. The fourth-order valence-corrected chi connectivity index (χ4v) is 2.61. The lowest BCUT2D eigenvalue weighted by Crippen LogP contribution is -2.29. The molecule has 1 aliphatic heterocycles. The standard InChI is InChI=1S/C14H20N6O/c1-2-7-19-9-11(8-16-19)14(21)13-10-20(18-17-13)12-3-5-15-6-4-12/h8-10,12,15H,2-7H2,1H3. The van der Waals surface area contributed by atoms with Crippen molar-refractivity contribution in [3.8, 4) is 0 Å². The number of piperidine rings is 1. The van der Waals surface area contributed by atoms with Crippen LogP contribution in [0.2, 0.25) is 0 Å². The van der Waals surface area contributed by atoms with E-state index >= 15 is 0 Å². The van der Waals surface area contributed by atoms with Crippen LogP contribution < -0.4 is 5.32 Å². The van der Waals surface area contributed by atoms with Crippen LogP contribution in [0, 0.1) is 0 Å². The van der Waals surface area contributed by atoms with Crippen molar-refractivity contribution >= 4 is 5.78 Å². The maximum absolute atomic E-state index is 12.4. The average Bonchev–Trinajstić information content (AvgIpc) is 3.17. The van der Waals surface area contributed by atoms with E-state index in [1.54, 1.807) is 23.3 Å². The number of carbonyl (C=O) groups excluding carboxylic acids is 1. The van der Waals surface area contributed by atoms with Crippen LogP contribution in [0.3, 0.4) is 0 Å². The van der Waals surface area contributed by atoms with Gasteiger partial charge in [0, 0.05) is 12.7 Å². The predicted octanol–water partition coefficient (Wildman–Crippen LogP) is 1.04. The number of hydrogen-bond acceptors (Lipinski definition) is 5. The van der Waals surface area contributed by atoms with E-state index in [1.165, 1.54) is 0 Å². The summed E-state index contributed by atoms with van der Waals surface area (Å²) in [4.78, 5) is 12.4. The third-order valence-electron chi connectivity index (χ3n) is 3.77. The summed E-state index contributed by atoms with van der Waals surface area (Å²) in [6.45, 7) is 4.86. The molecule has 3 rings (SSSR count). The van der Waals surface area contributed by atoms with Gasteiger partial charge in [-0.15, -0.1) is 5.10 Å². The molecule has 7 heteroatoms. The number of aryl methyl sites for hydroxylation is 1. The Kier molecular flexibility index (Phi) is 4.10. The van der Waals surface area contributed by atoms with Crippen LogP contribution in [0.5, 0.6) is 0 Å². The number of nitrogens with one attached hydrogen (secondary N) is 1. The molecule has 0 spiro atoms. The van der Waals surface area contributed by atoms with Crippen LogP contribution in [0.25, 0.3) is 0 Å². The zero-order valence-electron chi connectivity index (χ0n) is 12.2. The van der Waals surface area contributed by atoms with Crippen molar-refractivity contribution in [2.75, 3.05) is 13.1 Å². The summed E-state index contributed by atoms with van der Waals surface area (Å²) in [5, 5.41) is 15.6. The predicted molar refractivity (Wildman–Crippen MR) is 77.1 cm³/mol. The summed E-state index contributed by atoms with van der Waals surface area (Å²) >= 11 is 0. The van der Waals surface area contributed by atoms with Gasteiger partial charge in [-0.3, -0.25) is 9.48 Å². The van der Waals surface area contributed by atoms with Crippen molar-refractivity contribution in [1.29, 1.82) is 0 Å². The van der Waals surface area contributed by atoms with Crippen LogP contribution >= 0.6 is 0 Å². The first-order chi connectivity index (χ1) is 10.3. The topological polar surface area (TPSA) is 77.6 Å². The second-order valence-electron chi connectivity index (χ2n) is 5.39. The largest absolute Gasteiger partial charge is 0.317 e. The van der Waals surface area contributed by atoms with Gasteiger partial charge in [-0.25, -0.2) is 4.68 Å². The number of ketones is 1. The summed E-state index contributed by atoms with van der Waals surface area (Å²) in [7, 11) is 0. The van der Waals surface area contributed by atoms with E-state index in [-0.39, 0.29) is 5.78 Å². The molecule has 112 valence electrons. The van der Waals surface area contributed by atoms with E-state index in [1.807, 2.05) is 4.68 Å². The zero-order valence-corrected chi connectivity index (χ0v) is 12.2. The molecule has 2 aromatic rings. The summed E-state index contributed by atoms with van der Waals surface area (Å²) in [5.41, 5.74) is 0.963. The minimum atomic E-state index is -0.113. The molecular formula is C14H20N6O. The van der Waals surface area contributed by atoms with E-state index in [2.05, 4.69) is 27.7 Å². The lowest BCUT2D eigenvalue weighted by Gasteiger charge is -2.21. The molecule has 0 amide bonds. The first-order valence-corrected chi connectivity index (χ1v) is 7.47. The fraction of sp³-hybridized carbons (Fsp3) is 0.571. The van der Waals surface area contributed by atoms with Gasteiger partial charge in [0.05, 0.1) is 24.0 Å². The van der Waals surface area contributed by atoms with E-state index in [9.17, 15) is 4.79 Å². The molecule has 3 heterocycles. The first-order valence-electron chi connectivity index (χ1n) is 7.47. The molecular weight excluding hydrogens is 268 g/mol. The highest BCUT2D eigenvalue weighted by Crippen LogP contribution is 2.17. The third kappa shape index (κ3) is 3.02. The summed E-state index contributed by atoms with van der Waals surface area (Å²) in [6.07, 6.45) is 8.16. The molecule has 21 heavy (non-hydrogen) atoms. The zero-order chi connectivity index (χ0) is 14.7. The maximum atomic E-state index is 12.4. The van der Waals surface area contributed by atoms with Crippen molar-refractivity contribution in [3.05, 3.63) is 29.8 Å². The van der Waals surface area contributed by atoms with Gasteiger partial charge in [0.2, 0.25) is 5.78 Å². The lowest BCUT2D eigenvalue weighted by molar-refractivity contribution is 0.103. The second kappa shape index (κ2) is 6.17. The first kappa shape index (κ1) is 13.9. The summed E-state index contributed by atoms with van der Waals surface area (Å²) in [6, 6.07) is 0.336. The number of carbonyl (C=O) groups is 1. The Morgan fingerprint density at radius 3 is 2.95 bits per heavy atom. The molecule has 0 aliphatic carbocycles. The monoisotopic (exact) mass is 288 g/mol. The van der Waals surface area contributed by atoms with Gasteiger partial charge < -0.3 is 5.32 Å². The van der Waals surface area contributed by atoms with Gasteiger partial charge in [-0.2, -0.15) is 5.10 Å². The van der Waals surface area contributed by atoms with E-state index in [0.29, 0.717) is 17.3 Å². The van der Waals surface area contributed by atoms with Crippen LogP contribution in [0.4, 0.5) is 0 Å². The molecule has 1 fully saturated rings. The summed E-state index contributed by atoms with van der Waals surface area (Å²) < 4.78 is 3.61. The maximum Gasteiger partial charge on any atom is 0.218 e. The van der Waals surface area contributed by atoms with Crippen molar-refractivity contribution in [1.82, 2.24) is 30.1 Å². The minimum Gasteiger partial charge on any atom is -0.317 e. The molecule has 0 aromatic carbocycles. The molecule has 0 saturated carbocycles. The highest BCUT2D eigenvalue weighted by Gasteiger charge is 2.20. The highest BCUT2D eigenvalue weighted by molar-refractivity contribution is 6.07.